The number of thioether (sulfide) groups is 1. The Bertz CT molecular complexity index is 1370. The molecule has 2 aromatic heterocycles. The fourth-order valence-corrected chi connectivity index (χ4v) is 5.52. The van der Waals surface area contributed by atoms with Crippen molar-refractivity contribution >= 4 is 57.8 Å². The fourth-order valence-electron chi connectivity index (χ4n) is 3.77. The van der Waals surface area contributed by atoms with Gasteiger partial charge in [-0.05, 0) is 11.6 Å². The minimum Gasteiger partial charge on any atom is -0.543 e. The van der Waals surface area contributed by atoms with Crippen molar-refractivity contribution in [3.05, 3.63) is 59.3 Å². The predicted octanol–water partition coefficient (Wildman–Crippen LogP) is -2.22. The molecule has 2 atom stereocenters. The van der Waals surface area contributed by atoms with Crippen LogP contribution in [0.2, 0.25) is 0 Å². The van der Waals surface area contributed by atoms with E-state index < -0.39 is 29.2 Å². The highest BCUT2D eigenvalue weighted by Crippen LogP contribution is 2.40. The predicted molar refractivity (Wildman–Crippen MR) is 134 cm³/mol. The molecule has 16 heteroatoms. The SMILES string of the molecule is CNC(=O)c1cc[n+](C/C=C/C2=C(C(=O)[O-])N3C(=O)C(NC(=O)/C(=N\OC)c4nsc(N)n4)[C@H]3SC2)cc1. The molecular weight excluding hydrogens is 536 g/mol. The molecule has 3 amide bonds. The lowest BCUT2D eigenvalue weighted by Gasteiger charge is -2.50. The first-order valence-corrected chi connectivity index (χ1v) is 12.9. The molecule has 14 nitrogen and oxygen atoms in total. The highest BCUT2D eigenvalue weighted by molar-refractivity contribution is 8.00. The quantitative estimate of drug-likeness (QED) is 0.131. The van der Waals surface area contributed by atoms with Gasteiger partial charge in [-0.2, -0.15) is 9.36 Å². The maximum atomic E-state index is 12.9. The Morgan fingerprint density at radius 2 is 2.11 bits per heavy atom. The summed E-state index contributed by atoms with van der Waals surface area (Å²) in [5, 5.41) is 20.2. The van der Waals surface area contributed by atoms with Gasteiger partial charge in [0, 0.05) is 36.5 Å². The van der Waals surface area contributed by atoms with E-state index in [2.05, 4.69) is 25.1 Å². The number of nitrogens with one attached hydrogen (secondary N) is 2. The van der Waals surface area contributed by atoms with E-state index in [1.807, 2.05) is 0 Å². The number of carbonyl (C=O) groups is 4. The first-order chi connectivity index (χ1) is 18.2. The van der Waals surface area contributed by atoms with Gasteiger partial charge in [-0.1, -0.05) is 11.2 Å². The lowest BCUT2D eigenvalue weighted by atomic mass is 10.0. The Kier molecular flexibility index (Phi) is 8.02. The molecule has 0 spiro atoms. The van der Waals surface area contributed by atoms with Gasteiger partial charge in [0.15, 0.2) is 24.1 Å². The maximum Gasteiger partial charge on any atom is 0.278 e. The van der Waals surface area contributed by atoms with Crippen molar-refractivity contribution in [1.82, 2.24) is 24.9 Å². The molecule has 38 heavy (non-hydrogen) atoms. The molecule has 1 fully saturated rings. The number of aromatic nitrogens is 3. The second-order valence-corrected chi connectivity index (χ2v) is 9.75. The van der Waals surface area contributed by atoms with Gasteiger partial charge in [-0.25, -0.2) is 4.57 Å². The van der Waals surface area contributed by atoms with Crippen molar-refractivity contribution in [3.8, 4) is 0 Å². The topological polar surface area (TPSA) is 196 Å². The molecule has 0 bridgehead atoms. The monoisotopic (exact) mass is 558 g/mol. The van der Waals surface area contributed by atoms with Gasteiger partial charge in [-0.3, -0.25) is 19.3 Å². The van der Waals surface area contributed by atoms with Crippen molar-refractivity contribution in [2.75, 3.05) is 25.6 Å². The van der Waals surface area contributed by atoms with E-state index in [9.17, 15) is 24.3 Å². The Morgan fingerprint density at radius 3 is 2.71 bits per heavy atom. The van der Waals surface area contributed by atoms with Gasteiger partial charge in [0.1, 0.15) is 18.5 Å². The number of amides is 3. The number of β-lactam (4-membered cyclic amide) rings is 1. The molecule has 1 unspecified atom stereocenters. The van der Waals surface area contributed by atoms with Crippen LogP contribution >= 0.6 is 23.3 Å². The number of nitrogen functional groups attached to an aromatic ring is 1. The number of nitrogens with zero attached hydrogens (tertiary/aromatic N) is 5. The number of allylic oxidation sites excluding steroid dienone is 2. The minimum atomic E-state index is -1.50. The van der Waals surface area contributed by atoms with Crippen LogP contribution in [0.5, 0.6) is 0 Å². The highest BCUT2D eigenvalue weighted by atomic mass is 32.2. The number of rotatable bonds is 9. The zero-order valence-corrected chi connectivity index (χ0v) is 21.7. The van der Waals surface area contributed by atoms with Crippen LogP contribution in [0.4, 0.5) is 5.13 Å². The number of carboxylic acids is 1. The van der Waals surface area contributed by atoms with Crippen molar-refractivity contribution < 1.29 is 33.7 Å². The smallest absolute Gasteiger partial charge is 0.278 e. The van der Waals surface area contributed by atoms with Gasteiger partial charge in [0.25, 0.3) is 17.7 Å². The van der Waals surface area contributed by atoms with E-state index in [0.717, 1.165) is 16.4 Å². The molecular formula is C22H22N8O6S2. The third-order valence-corrected chi connectivity index (χ3v) is 7.39. The van der Waals surface area contributed by atoms with Crippen LogP contribution in [0, 0.1) is 0 Å². The first kappa shape index (κ1) is 26.7. The molecule has 4 N–H and O–H groups in total. The number of aliphatic carboxylic acids is 1. The van der Waals surface area contributed by atoms with Crippen molar-refractivity contribution in [2.24, 2.45) is 5.16 Å². The highest BCUT2D eigenvalue weighted by Gasteiger charge is 2.53. The van der Waals surface area contributed by atoms with Gasteiger partial charge in [-0.15, -0.1) is 11.8 Å². The fraction of sp³-hybridized carbons (Fsp3) is 0.273. The van der Waals surface area contributed by atoms with Crippen LogP contribution in [-0.2, 0) is 25.8 Å². The first-order valence-electron chi connectivity index (χ1n) is 11.0. The number of nitrogens with two attached hydrogens (primary N) is 1. The summed E-state index contributed by atoms with van der Waals surface area (Å²) in [7, 11) is 2.78. The number of hydrogen-bond acceptors (Lipinski definition) is 12. The van der Waals surface area contributed by atoms with E-state index in [1.165, 1.54) is 18.9 Å². The van der Waals surface area contributed by atoms with Gasteiger partial charge in [0.2, 0.25) is 11.5 Å². The van der Waals surface area contributed by atoms with Crippen molar-refractivity contribution in [2.45, 2.75) is 18.0 Å². The summed E-state index contributed by atoms with van der Waals surface area (Å²) in [5.41, 5.74) is 5.96. The summed E-state index contributed by atoms with van der Waals surface area (Å²) >= 11 is 2.16. The van der Waals surface area contributed by atoms with Crippen LogP contribution < -0.4 is 26.0 Å². The average Bonchev–Trinajstić information content (AvgIpc) is 3.35. The number of oxime groups is 1. The number of anilines is 1. The molecule has 2 aliphatic heterocycles. The van der Waals surface area contributed by atoms with Crippen LogP contribution in [0.25, 0.3) is 0 Å². The standard InChI is InChI=1S/C22H22N8O6S2/c1-24-17(31)11-5-8-29(9-6-11)7-3-4-12-10-37-20-14(19(33)30(20)15(12)21(34)35)25-18(32)13(27-36-2)16-26-22(23)38-28-16/h3-6,8-9,14,20H,7,10H2,1-2H3,(H4-,23,24,25,26,28,31,32,34,35)/b4-3+,27-13-/t14?,20-/m1/s1. The summed E-state index contributed by atoms with van der Waals surface area (Å²) in [6.07, 6.45) is 6.80. The van der Waals surface area contributed by atoms with Crippen LogP contribution in [0.3, 0.4) is 0 Å². The van der Waals surface area contributed by atoms with Gasteiger partial charge >= 0.3 is 0 Å². The molecule has 1 saturated heterocycles. The molecule has 198 valence electrons. The molecule has 2 aliphatic rings. The zero-order chi connectivity index (χ0) is 27.4. The number of carbonyl (C=O) groups excluding carboxylic acids is 4. The van der Waals surface area contributed by atoms with Crippen LogP contribution in [0.15, 0.2) is 53.1 Å². The molecule has 2 aromatic rings. The molecule has 0 saturated carbocycles. The maximum absolute atomic E-state index is 12.9. The normalized spacial score (nSPS) is 19.2. The summed E-state index contributed by atoms with van der Waals surface area (Å²) in [5.74, 6) is -2.88. The van der Waals surface area contributed by atoms with Gasteiger partial charge < -0.3 is 31.1 Å². The molecule has 4 heterocycles. The summed E-state index contributed by atoms with van der Waals surface area (Å²) in [6, 6.07) is 2.32. The Morgan fingerprint density at radius 1 is 1.37 bits per heavy atom. The lowest BCUT2D eigenvalue weighted by Crippen LogP contribution is -2.71. The zero-order valence-electron chi connectivity index (χ0n) is 20.1. The third kappa shape index (κ3) is 5.35. The Hall–Kier alpha value is -4.31. The molecule has 0 radical (unpaired) electrons. The Labute approximate surface area is 224 Å². The van der Waals surface area contributed by atoms with E-state index >= 15 is 0 Å². The Balaban J connectivity index is 1.46. The second-order valence-electron chi connectivity index (χ2n) is 7.87. The molecule has 0 aliphatic carbocycles. The molecule has 4 rings (SSSR count). The summed E-state index contributed by atoms with van der Waals surface area (Å²) in [6.45, 7) is 0.398. The third-order valence-electron chi connectivity index (χ3n) is 5.54. The summed E-state index contributed by atoms with van der Waals surface area (Å²) in [4.78, 5) is 59.1. The minimum absolute atomic E-state index is 0.0596. The van der Waals surface area contributed by atoms with Crippen molar-refractivity contribution in [3.63, 3.8) is 0 Å². The van der Waals surface area contributed by atoms with E-state index in [0.29, 0.717) is 17.7 Å². The largest absolute Gasteiger partial charge is 0.543 e. The molecule has 0 aromatic carbocycles. The lowest BCUT2D eigenvalue weighted by molar-refractivity contribution is -0.687. The average molecular weight is 559 g/mol. The second kappa shape index (κ2) is 11.4. The van der Waals surface area contributed by atoms with E-state index in [4.69, 9.17) is 10.6 Å². The van der Waals surface area contributed by atoms with E-state index in [-0.39, 0.29) is 34.0 Å². The van der Waals surface area contributed by atoms with Crippen molar-refractivity contribution in [1.29, 1.82) is 0 Å². The number of hydrogen-bond donors (Lipinski definition) is 3. The van der Waals surface area contributed by atoms with Crippen LogP contribution in [0.1, 0.15) is 16.2 Å². The summed E-state index contributed by atoms with van der Waals surface area (Å²) < 4.78 is 5.73. The number of fused-ring (bicyclic) bond motifs is 1. The van der Waals surface area contributed by atoms with Gasteiger partial charge in [0.05, 0.1) is 17.2 Å². The number of pyridine rings is 1. The van der Waals surface area contributed by atoms with Crippen LogP contribution in [-0.4, -0.2) is 75.0 Å². The number of carboxylic acid groups (broad SMARTS) is 1. The van der Waals surface area contributed by atoms with E-state index in [1.54, 1.807) is 48.3 Å².